The number of pyridine rings is 1. The van der Waals surface area contributed by atoms with Crippen molar-refractivity contribution in [1.82, 2.24) is 4.98 Å². The van der Waals surface area contributed by atoms with Crippen LogP contribution in [0, 0.1) is 22.7 Å². The summed E-state index contributed by atoms with van der Waals surface area (Å²) in [7, 11) is 1.31. The summed E-state index contributed by atoms with van der Waals surface area (Å²) in [6.45, 7) is 8.69. The van der Waals surface area contributed by atoms with E-state index >= 15 is 0 Å². The van der Waals surface area contributed by atoms with Crippen LogP contribution in [-0.4, -0.2) is 29.2 Å². The lowest BCUT2D eigenvalue weighted by molar-refractivity contribution is -0.115. The first kappa shape index (κ1) is 24.8. The summed E-state index contributed by atoms with van der Waals surface area (Å²) < 4.78 is 4.81. The van der Waals surface area contributed by atoms with Crippen molar-refractivity contribution in [2.75, 3.05) is 12.4 Å². The molecule has 2 atom stereocenters. The largest absolute Gasteiger partial charge is 0.465 e. The van der Waals surface area contributed by atoms with E-state index in [0.29, 0.717) is 34.2 Å². The first-order valence-corrected chi connectivity index (χ1v) is 12.1. The molecular weight excluding hydrogens is 434 g/mol. The Balaban J connectivity index is 1.81. The van der Waals surface area contributed by atoms with Gasteiger partial charge in [-0.15, -0.1) is 0 Å². The fourth-order valence-corrected chi connectivity index (χ4v) is 5.10. The number of benzene rings is 1. The van der Waals surface area contributed by atoms with Crippen LogP contribution in [0.2, 0.25) is 0 Å². The number of nitrogens with zero attached hydrogens (tertiary/aromatic N) is 2. The minimum absolute atomic E-state index is 0.212. The van der Waals surface area contributed by atoms with Crippen molar-refractivity contribution in [3.8, 4) is 6.07 Å². The Kier molecular flexibility index (Phi) is 7.80. The number of carbonyl (C=O) groups is 2. The molecule has 1 aromatic carbocycles. The molecule has 0 bridgehead atoms. The van der Waals surface area contributed by atoms with E-state index in [1.54, 1.807) is 24.3 Å². The van der Waals surface area contributed by atoms with E-state index in [4.69, 9.17) is 9.72 Å². The van der Waals surface area contributed by atoms with Crippen molar-refractivity contribution in [3.63, 3.8) is 0 Å². The minimum Gasteiger partial charge on any atom is -0.465 e. The molecule has 2 unspecified atom stereocenters. The van der Waals surface area contributed by atoms with Gasteiger partial charge in [0.05, 0.1) is 29.2 Å². The quantitative estimate of drug-likeness (QED) is 0.454. The van der Waals surface area contributed by atoms with Crippen molar-refractivity contribution in [2.45, 2.75) is 63.7 Å². The Morgan fingerprint density at radius 3 is 2.70 bits per heavy atom. The molecule has 174 valence electrons. The predicted octanol–water partition coefficient (Wildman–Crippen LogP) is 5.40. The highest BCUT2D eigenvalue weighted by Gasteiger charge is 2.31. The second kappa shape index (κ2) is 10.4. The molecule has 7 heteroatoms. The maximum absolute atomic E-state index is 13.1. The maximum Gasteiger partial charge on any atom is 0.339 e. The molecule has 1 N–H and O–H groups in total. The average molecular weight is 466 g/mol. The molecule has 1 aliphatic rings. The number of thioether (sulfide) groups is 1. The zero-order valence-electron chi connectivity index (χ0n) is 19.9. The fraction of sp³-hybridized carbons (Fsp3) is 0.462. The van der Waals surface area contributed by atoms with E-state index < -0.39 is 11.2 Å². The number of rotatable bonds is 6. The van der Waals surface area contributed by atoms with Crippen LogP contribution in [0.5, 0.6) is 0 Å². The zero-order valence-corrected chi connectivity index (χ0v) is 20.7. The van der Waals surface area contributed by atoms with Gasteiger partial charge in [-0.2, -0.15) is 5.26 Å². The molecule has 1 aromatic heterocycles. The number of aromatic nitrogens is 1. The molecular formula is C26H31N3O3S. The number of methoxy groups -OCH3 is 1. The lowest BCUT2D eigenvalue weighted by Gasteiger charge is -2.34. The Labute approximate surface area is 200 Å². The van der Waals surface area contributed by atoms with E-state index in [-0.39, 0.29) is 11.3 Å². The van der Waals surface area contributed by atoms with Crippen molar-refractivity contribution in [3.05, 3.63) is 52.7 Å². The first-order valence-electron chi connectivity index (χ1n) is 11.3. The number of nitriles is 1. The van der Waals surface area contributed by atoms with Gasteiger partial charge >= 0.3 is 5.97 Å². The van der Waals surface area contributed by atoms with Gasteiger partial charge in [0.15, 0.2) is 0 Å². The van der Waals surface area contributed by atoms with E-state index in [1.807, 2.05) is 13.0 Å². The highest BCUT2D eigenvalue weighted by molar-refractivity contribution is 8.00. The number of esters is 1. The normalized spacial score (nSPS) is 16.3. The van der Waals surface area contributed by atoms with Crippen molar-refractivity contribution in [2.24, 2.45) is 11.3 Å². The van der Waals surface area contributed by atoms with Crippen LogP contribution in [0.25, 0.3) is 0 Å². The van der Waals surface area contributed by atoms with Crippen LogP contribution in [0.15, 0.2) is 35.4 Å². The van der Waals surface area contributed by atoms with Gasteiger partial charge < -0.3 is 10.1 Å². The number of amides is 1. The minimum atomic E-state index is -0.511. The van der Waals surface area contributed by atoms with Crippen LogP contribution in [0.1, 0.15) is 67.7 Å². The smallest absolute Gasteiger partial charge is 0.339 e. The molecule has 3 rings (SSSR count). The van der Waals surface area contributed by atoms with Gasteiger partial charge in [0.1, 0.15) is 11.1 Å². The van der Waals surface area contributed by atoms with E-state index in [0.717, 1.165) is 30.5 Å². The Morgan fingerprint density at radius 1 is 1.33 bits per heavy atom. The van der Waals surface area contributed by atoms with Crippen LogP contribution in [0.4, 0.5) is 5.69 Å². The number of ether oxygens (including phenoxy) is 1. The van der Waals surface area contributed by atoms with Gasteiger partial charge in [0.2, 0.25) is 5.91 Å². The van der Waals surface area contributed by atoms with E-state index in [1.165, 1.54) is 18.9 Å². The Hall–Kier alpha value is -2.85. The number of nitrogens with one attached hydrogen (secondary N) is 1. The number of para-hydroxylation sites is 1. The summed E-state index contributed by atoms with van der Waals surface area (Å²) >= 11 is 1.30. The fourth-order valence-electron chi connectivity index (χ4n) is 4.10. The van der Waals surface area contributed by atoms with Gasteiger partial charge in [0, 0.05) is 5.69 Å². The van der Waals surface area contributed by atoms with Gasteiger partial charge in [-0.25, -0.2) is 9.78 Å². The number of anilines is 1. The predicted molar refractivity (Wildman–Crippen MR) is 130 cm³/mol. The average Bonchev–Trinajstić information content (AvgIpc) is 2.80. The Morgan fingerprint density at radius 2 is 2.06 bits per heavy atom. The van der Waals surface area contributed by atoms with Crippen LogP contribution < -0.4 is 5.32 Å². The molecule has 0 fully saturated rings. The summed E-state index contributed by atoms with van der Waals surface area (Å²) in [4.78, 5) is 29.9. The number of carbonyl (C=O) groups excluding carboxylic acids is 2. The van der Waals surface area contributed by atoms with E-state index in [2.05, 4.69) is 32.2 Å². The molecule has 1 heterocycles. The van der Waals surface area contributed by atoms with Gasteiger partial charge in [-0.3, -0.25) is 4.79 Å². The summed E-state index contributed by atoms with van der Waals surface area (Å²) in [6, 6.07) is 11.0. The van der Waals surface area contributed by atoms with Gasteiger partial charge in [-0.05, 0) is 60.8 Å². The van der Waals surface area contributed by atoms with Gasteiger partial charge in [0.25, 0.3) is 0 Å². The summed E-state index contributed by atoms with van der Waals surface area (Å²) in [5.41, 5.74) is 3.60. The lowest BCUT2D eigenvalue weighted by Crippen LogP contribution is -2.28. The SMILES string of the molecule is CCC(Sc1nc2c(cc1C#N)CC(C(C)(C)C)CC2)C(=O)Nc1ccccc1C(=O)OC. The molecule has 0 aliphatic heterocycles. The lowest BCUT2D eigenvalue weighted by atomic mass is 9.71. The van der Waals surface area contributed by atoms with Gasteiger partial charge in [-0.1, -0.05) is 51.6 Å². The standard InChI is InChI=1S/C26H31N3O3S/c1-6-22(23(30)28-21-10-8-7-9-19(21)25(31)32-5)33-24-17(15-27)13-16-14-18(26(2,3)4)11-12-20(16)29-24/h7-10,13,18,22H,6,11-12,14H2,1-5H3,(H,28,30). The summed E-state index contributed by atoms with van der Waals surface area (Å²) in [6.07, 6.45) is 3.42. The summed E-state index contributed by atoms with van der Waals surface area (Å²) in [5.74, 6) is -0.195. The molecule has 0 saturated carbocycles. The number of hydrogen-bond donors (Lipinski definition) is 1. The molecule has 0 saturated heterocycles. The van der Waals surface area contributed by atoms with Crippen molar-refractivity contribution in [1.29, 1.82) is 5.26 Å². The van der Waals surface area contributed by atoms with E-state index in [9.17, 15) is 14.9 Å². The highest BCUT2D eigenvalue weighted by atomic mass is 32.2. The number of aryl methyl sites for hydroxylation is 1. The highest BCUT2D eigenvalue weighted by Crippen LogP contribution is 2.38. The van der Waals surface area contributed by atoms with Crippen LogP contribution >= 0.6 is 11.8 Å². The van der Waals surface area contributed by atoms with Crippen molar-refractivity contribution < 1.29 is 14.3 Å². The molecule has 1 aliphatic carbocycles. The van der Waals surface area contributed by atoms with Crippen LogP contribution in [-0.2, 0) is 22.4 Å². The molecule has 33 heavy (non-hydrogen) atoms. The summed E-state index contributed by atoms with van der Waals surface area (Å²) in [5, 5.41) is 12.8. The topological polar surface area (TPSA) is 92.1 Å². The zero-order chi connectivity index (χ0) is 24.2. The molecule has 6 nitrogen and oxygen atoms in total. The molecule has 0 spiro atoms. The Bertz CT molecular complexity index is 1090. The third-order valence-electron chi connectivity index (χ3n) is 6.20. The maximum atomic E-state index is 13.1. The van der Waals surface area contributed by atoms with Crippen molar-refractivity contribution >= 4 is 29.3 Å². The molecule has 0 radical (unpaired) electrons. The molecule has 2 aromatic rings. The number of hydrogen-bond acceptors (Lipinski definition) is 6. The number of fused-ring (bicyclic) bond motifs is 1. The van der Waals surface area contributed by atoms with Crippen LogP contribution in [0.3, 0.4) is 0 Å². The first-order chi connectivity index (χ1) is 15.7. The second-order valence-corrected chi connectivity index (χ2v) is 10.6. The third-order valence-corrected chi connectivity index (χ3v) is 7.57. The molecule has 1 amide bonds. The second-order valence-electron chi connectivity index (χ2n) is 9.41. The monoisotopic (exact) mass is 465 g/mol. The third kappa shape index (κ3) is 5.75.